The zero-order chi connectivity index (χ0) is 27.6. The minimum Gasteiger partial charge on any atom is -0.364 e. The second-order valence-corrected chi connectivity index (χ2v) is 9.16. The molecule has 1 aliphatic carbocycles. The number of hydrogen-bond donors (Lipinski definition) is 4. The number of carbonyl (C=O) groups is 2. The maximum atomic E-state index is 13.5. The van der Waals surface area contributed by atoms with Gasteiger partial charge in [-0.25, -0.2) is 13.5 Å². The Morgan fingerprint density at radius 2 is 1.92 bits per heavy atom. The van der Waals surface area contributed by atoms with Gasteiger partial charge in [0.2, 0.25) is 0 Å². The standard InChI is InChI=1S/C28H28F2N4O4/c1-15(26(35)31-14-18-4-8-22(29)23(30)13-18)12-25(34-16(2)10-11-32-34)27(36)33-24-9-7-19-17(3)20(28(37)38)5-6-21(19)24/h4-6,8,10-13,24,28,37-38H,1,7,9,14H2,2-3H3,(H,31,35)(H,33,36)/b25-12-/t24-/m0/s1. The lowest BCUT2D eigenvalue weighted by atomic mass is 9.97. The van der Waals surface area contributed by atoms with Crippen LogP contribution in [0.15, 0.2) is 60.8 Å². The Balaban J connectivity index is 1.53. The van der Waals surface area contributed by atoms with Crippen LogP contribution in [0.25, 0.3) is 5.70 Å². The summed E-state index contributed by atoms with van der Waals surface area (Å²) in [7, 11) is 0. The van der Waals surface area contributed by atoms with Gasteiger partial charge in [0.05, 0.1) is 6.04 Å². The molecule has 10 heteroatoms. The largest absolute Gasteiger partial charge is 0.364 e. The molecular formula is C28H28F2N4O4. The molecule has 38 heavy (non-hydrogen) atoms. The molecule has 0 unspecified atom stereocenters. The zero-order valence-electron chi connectivity index (χ0n) is 21.0. The number of amides is 2. The summed E-state index contributed by atoms with van der Waals surface area (Å²) in [6.07, 6.45) is 2.55. The molecule has 0 spiro atoms. The summed E-state index contributed by atoms with van der Waals surface area (Å²) in [5.41, 5.74) is 4.12. The highest BCUT2D eigenvalue weighted by Gasteiger charge is 2.29. The summed E-state index contributed by atoms with van der Waals surface area (Å²) in [5, 5.41) is 29.0. The van der Waals surface area contributed by atoms with E-state index in [-0.39, 0.29) is 23.9 Å². The minimum atomic E-state index is -1.58. The van der Waals surface area contributed by atoms with Crippen molar-refractivity contribution >= 4 is 17.5 Å². The van der Waals surface area contributed by atoms with Gasteiger partial charge in [0.1, 0.15) is 5.70 Å². The van der Waals surface area contributed by atoms with Gasteiger partial charge in [-0.2, -0.15) is 5.10 Å². The normalized spacial score (nSPS) is 14.9. The van der Waals surface area contributed by atoms with Crippen molar-refractivity contribution in [3.8, 4) is 0 Å². The number of aliphatic hydroxyl groups is 2. The van der Waals surface area contributed by atoms with Crippen LogP contribution in [0.3, 0.4) is 0 Å². The molecule has 3 aromatic rings. The van der Waals surface area contributed by atoms with Gasteiger partial charge in [0, 0.05) is 29.6 Å². The smallest absolute Gasteiger partial charge is 0.270 e. The highest BCUT2D eigenvalue weighted by Crippen LogP contribution is 2.36. The van der Waals surface area contributed by atoms with E-state index in [1.54, 1.807) is 25.1 Å². The predicted octanol–water partition coefficient (Wildman–Crippen LogP) is 3.28. The van der Waals surface area contributed by atoms with Crippen LogP contribution >= 0.6 is 0 Å². The molecule has 1 aromatic heterocycles. The number of fused-ring (bicyclic) bond motifs is 1. The Morgan fingerprint density at radius 1 is 1.16 bits per heavy atom. The molecule has 0 bridgehead atoms. The average molecular weight is 523 g/mol. The second kappa shape index (κ2) is 11.1. The van der Waals surface area contributed by atoms with Crippen LogP contribution in [-0.2, 0) is 22.6 Å². The Labute approximate surface area is 218 Å². The van der Waals surface area contributed by atoms with Crippen LogP contribution in [0.1, 0.15) is 52.3 Å². The molecule has 1 atom stereocenters. The highest BCUT2D eigenvalue weighted by atomic mass is 19.2. The lowest BCUT2D eigenvalue weighted by molar-refractivity contribution is -0.117. The highest BCUT2D eigenvalue weighted by molar-refractivity contribution is 6.16. The molecule has 0 fully saturated rings. The Bertz CT molecular complexity index is 1440. The fourth-order valence-electron chi connectivity index (χ4n) is 4.58. The molecule has 2 aromatic carbocycles. The first-order valence-electron chi connectivity index (χ1n) is 12.0. The van der Waals surface area contributed by atoms with Gasteiger partial charge in [-0.1, -0.05) is 24.8 Å². The van der Waals surface area contributed by atoms with Crippen LogP contribution in [0.2, 0.25) is 0 Å². The van der Waals surface area contributed by atoms with Gasteiger partial charge in [0.15, 0.2) is 17.9 Å². The number of aliphatic hydroxyl groups excluding tert-OH is 1. The maximum Gasteiger partial charge on any atom is 0.270 e. The third-order valence-corrected chi connectivity index (χ3v) is 6.65. The van der Waals surface area contributed by atoms with Crippen molar-refractivity contribution in [2.75, 3.05) is 0 Å². The van der Waals surface area contributed by atoms with Crippen molar-refractivity contribution in [3.05, 3.63) is 106 Å². The van der Waals surface area contributed by atoms with Crippen molar-refractivity contribution in [2.45, 2.75) is 45.6 Å². The zero-order valence-corrected chi connectivity index (χ0v) is 21.0. The van der Waals surface area contributed by atoms with Gasteiger partial charge < -0.3 is 20.8 Å². The van der Waals surface area contributed by atoms with E-state index in [1.165, 1.54) is 23.0 Å². The molecule has 198 valence electrons. The van der Waals surface area contributed by atoms with Crippen molar-refractivity contribution < 1.29 is 28.6 Å². The van der Waals surface area contributed by atoms with Crippen molar-refractivity contribution in [1.82, 2.24) is 20.4 Å². The summed E-state index contributed by atoms with van der Waals surface area (Å²) < 4.78 is 28.0. The Morgan fingerprint density at radius 3 is 2.58 bits per heavy atom. The Kier molecular flexibility index (Phi) is 7.84. The second-order valence-electron chi connectivity index (χ2n) is 9.16. The Hall–Kier alpha value is -4.15. The van der Waals surface area contributed by atoms with Crippen LogP contribution in [-0.4, -0.2) is 31.8 Å². The molecule has 0 aliphatic heterocycles. The summed E-state index contributed by atoms with van der Waals surface area (Å²) in [6, 6.07) is 8.13. The summed E-state index contributed by atoms with van der Waals surface area (Å²) in [4.78, 5) is 26.1. The van der Waals surface area contributed by atoms with Gasteiger partial charge in [0.25, 0.3) is 11.8 Å². The lowest BCUT2D eigenvalue weighted by Gasteiger charge is -2.18. The fraction of sp³-hybridized carbons (Fsp3) is 0.250. The first-order valence-corrected chi connectivity index (χ1v) is 12.0. The number of nitrogens with zero attached hydrogens (tertiary/aromatic N) is 2. The van der Waals surface area contributed by atoms with E-state index in [9.17, 15) is 28.6 Å². The molecule has 2 amide bonds. The van der Waals surface area contributed by atoms with E-state index in [2.05, 4.69) is 22.3 Å². The minimum absolute atomic E-state index is 0.0307. The number of nitrogens with one attached hydrogen (secondary N) is 2. The number of aryl methyl sites for hydroxylation is 1. The monoisotopic (exact) mass is 522 g/mol. The summed E-state index contributed by atoms with van der Waals surface area (Å²) in [5.74, 6) is -3.07. The average Bonchev–Trinajstić information content (AvgIpc) is 3.49. The van der Waals surface area contributed by atoms with E-state index in [4.69, 9.17) is 0 Å². The molecule has 0 saturated carbocycles. The molecule has 1 aliphatic rings. The fourth-order valence-corrected chi connectivity index (χ4v) is 4.58. The first-order chi connectivity index (χ1) is 18.1. The molecule has 0 saturated heterocycles. The van der Waals surface area contributed by atoms with E-state index < -0.39 is 29.7 Å². The van der Waals surface area contributed by atoms with E-state index in [0.29, 0.717) is 29.7 Å². The summed E-state index contributed by atoms with van der Waals surface area (Å²) in [6.45, 7) is 7.29. The van der Waals surface area contributed by atoms with E-state index >= 15 is 0 Å². The van der Waals surface area contributed by atoms with Crippen molar-refractivity contribution in [1.29, 1.82) is 0 Å². The lowest BCUT2D eigenvalue weighted by Crippen LogP contribution is -2.31. The van der Waals surface area contributed by atoms with Gasteiger partial charge >= 0.3 is 0 Å². The van der Waals surface area contributed by atoms with E-state index in [1.807, 2.05) is 6.92 Å². The third-order valence-electron chi connectivity index (χ3n) is 6.65. The number of benzene rings is 2. The number of halogens is 2. The molecule has 1 heterocycles. The number of aromatic nitrogens is 2. The van der Waals surface area contributed by atoms with Crippen LogP contribution < -0.4 is 10.6 Å². The molecule has 8 nitrogen and oxygen atoms in total. The SMILES string of the molecule is C=C(/C=C(/C(=O)N[C@H]1CCc2c1ccc(C(O)O)c2C)n1nccc1C)C(=O)NCc1ccc(F)c(F)c1. The van der Waals surface area contributed by atoms with Crippen molar-refractivity contribution in [2.24, 2.45) is 0 Å². The number of rotatable bonds is 8. The van der Waals surface area contributed by atoms with Crippen LogP contribution in [0.5, 0.6) is 0 Å². The number of carbonyl (C=O) groups excluding carboxylic acids is 2. The van der Waals surface area contributed by atoms with Gasteiger partial charge in [-0.3, -0.25) is 9.59 Å². The number of hydrogen-bond acceptors (Lipinski definition) is 5. The van der Waals surface area contributed by atoms with Crippen molar-refractivity contribution in [3.63, 3.8) is 0 Å². The summed E-state index contributed by atoms with van der Waals surface area (Å²) >= 11 is 0. The van der Waals surface area contributed by atoms with Crippen LogP contribution in [0, 0.1) is 25.5 Å². The molecule has 4 rings (SSSR count). The third kappa shape index (κ3) is 5.56. The maximum absolute atomic E-state index is 13.5. The molecule has 0 radical (unpaired) electrons. The molecular weight excluding hydrogens is 494 g/mol. The van der Waals surface area contributed by atoms with Gasteiger partial charge in [-0.15, -0.1) is 0 Å². The predicted molar refractivity (Wildman–Crippen MR) is 136 cm³/mol. The molecule has 4 N–H and O–H groups in total. The van der Waals surface area contributed by atoms with Gasteiger partial charge in [-0.05, 0) is 73.2 Å². The van der Waals surface area contributed by atoms with Crippen LogP contribution in [0.4, 0.5) is 8.78 Å². The topological polar surface area (TPSA) is 116 Å². The quantitative estimate of drug-likeness (QED) is 0.206. The van der Waals surface area contributed by atoms with E-state index in [0.717, 1.165) is 28.8 Å². The first kappa shape index (κ1) is 26.9.